The lowest BCUT2D eigenvalue weighted by molar-refractivity contribution is -0.137. The molecule has 0 aromatic heterocycles. The molecule has 0 heterocycles. The summed E-state index contributed by atoms with van der Waals surface area (Å²) in [5.41, 5.74) is 0.109. The van der Waals surface area contributed by atoms with Gasteiger partial charge in [-0.25, -0.2) is 4.39 Å². The van der Waals surface area contributed by atoms with Crippen LogP contribution in [0, 0.1) is 11.7 Å². The van der Waals surface area contributed by atoms with Gasteiger partial charge in [-0.1, -0.05) is 25.4 Å². The van der Waals surface area contributed by atoms with Gasteiger partial charge in [0.2, 0.25) is 0 Å². The molecule has 0 unspecified atom stereocenters. The molecule has 1 aromatic rings. The van der Waals surface area contributed by atoms with Crippen molar-refractivity contribution in [3.05, 3.63) is 34.6 Å². The molecule has 0 spiro atoms. The highest BCUT2D eigenvalue weighted by Gasteiger charge is 2.20. The highest BCUT2D eigenvalue weighted by molar-refractivity contribution is 6.30. The Morgan fingerprint density at radius 1 is 1.42 bits per heavy atom. The van der Waals surface area contributed by atoms with Crippen LogP contribution in [0.2, 0.25) is 5.02 Å². The van der Waals surface area contributed by atoms with Crippen LogP contribution in [-0.2, 0) is 4.79 Å². The van der Waals surface area contributed by atoms with Gasteiger partial charge in [-0.3, -0.25) is 9.59 Å². The minimum absolute atomic E-state index is 0.0443. The average Bonchev–Trinajstić information content (AvgIpc) is 2.31. The summed E-state index contributed by atoms with van der Waals surface area (Å²) in [5, 5.41) is 11.3. The number of nitrogens with one attached hydrogen (secondary N) is 1. The van der Waals surface area contributed by atoms with Crippen LogP contribution < -0.4 is 5.32 Å². The van der Waals surface area contributed by atoms with Crippen molar-refractivity contribution in [2.75, 3.05) is 0 Å². The van der Waals surface area contributed by atoms with Crippen LogP contribution >= 0.6 is 11.6 Å². The lowest BCUT2D eigenvalue weighted by Crippen LogP contribution is -2.40. The predicted molar refractivity (Wildman–Crippen MR) is 69.8 cm³/mol. The molecule has 0 saturated carbocycles. The predicted octanol–water partition coefficient (Wildman–Crippen LogP) is 2.71. The summed E-state index contributed by atoms with van der Waals surface area (Å²) in [5.74, 6) is -2.25. The van der Waals surface area contributed by atoms with Crippen LogP contribution in [0.25, 0.3) is 0 Å². The van der Waals surface area contributed by atoms with Crippen LogP contribution in [0.3, 0.4) is 0 Å². The normalized spacial score (nSPS) is 12.3. The van der Waals surface area contributed by atoms with Crippen molar-refractivity contribution in [2.45, 2.75) is 26.3 Å². The van der Waals surface area contributed by atoms with E-state index in [-0.39, 0.29) is 22.9 Å². The van der Waals surface area contributed by atoms with E-state index in [1.54, 1.807) is 13.8 Å². The van der Waals surface area contributed by atoms with Crippen molar-refractivity contribution in [1.29, 1.82) is 0 Å². The summed E-state index contributed by atoms with van der Waals surface area (Å²) >= 11 is 5.53. The first-order valence-electron chi connectivity index (χ1n) is 5.79. The van der Waals surface area contributed by atoms with Crippen LogP contribution in [-0.4, -0.2) is 23.0 Å². The highest BCUT2D eigenvalue weighted by Crippen LogP contribution is 2.16. The first kappa shape index (κ1) is 15.4. The minimum atomic E-state index is -0.999. The Bertz CT molecular complexity index is 491. The summed E-state index contributed by atoms with van der Waals surface area (Å²) in [6.45, 7) is 3.60. The van der Waals surface area contributed by atoms with Crippen molar-refractivity contribution in [3.63, 3.8) is 0 Å². The molecule has 0 fully saturated rings. The Hall–Kier alpha value is -1.62. The third-order valence-electron chi connectivity index (χ3n) is 2.70. The second-order valence-electron chi connectivity index (χ2n) is 4.55. The zero-order valence-corrected chi connectivity index (χ0v) is 11.4. The molecule has 1 rings (SSSR count). The van der Waals surface area contributed by atoms with E-state index in [2.05, 4.69) is 5.32 Å². The minimum Gasteiger partial charge on any atom is -0.481 e. The largest absolute Gasteiger partial charge is 0.481 e. The van der Waals surface area contributed by atoms with Crippen LogP contribution in [0.15, 0.2) is 18.2 Å². The van der Waals surface area contributed by atoms with E-state index >= 15 is 0 Å². The topological polar surface area (TPSA) is 66.4 Å². The number of carboxylic acids is 1. The van der Waals surface area contributed by atoms with E-state index < -0.39 is 23.7 Å². The molecule has 0 radical (unpaired) electrons. The molecule has 0 saturated heterocycles. The van der Waals surface area contributed by atoms with Crippen molar-refractivity contribution in [3.8, 4) is 0 Å². The molecule has 1 amide bonds. The number of carbonyl (C=O) groups excluding carboxylic acids is 1. The van der Waals surface area contributed by atoms with Gasteiger partial charge in [0.25, 0.3) is 5.91 Å². The zero-order valence-electron chi connectivity index (χ0n) is 10.6. The zero-order chi connectivity index (χ0) is 14.6. The van der Waals surface area contributed by atoms with E-state index in [0.29, 0.717) is 0 Å². The van der Waals surface area contributed by atoms with Gasteiger partial charge in [-0.15, -0.1) is 0 Å². The van der Waals surface area contributed by atoms with Gasteiger partial charge >= 0.3 is 5.97 Å². The molecule has 19 heavy (non-hydrogen) atoms. The maximum Gasteiger partial charge on any atom is 0.305 e. The van der Waals surface area contributed by atoms with Crippen LogP contribution in [0.5, 0.6) is 0 Å². The van der Waals surface area contributed by atoms with E-state index in [1.807, 2.05) is 0 Å². The van der Waals surface area contributed by atoms with Crippen LogP contribution in [0.1, 0.15) is 30.6 Å². The second-order valence-corrected chi connectivity index (χ2v) is 4.96. The highest BCUT2D eigenvalue weighted by atomic mass is 35.5. The van der Waals surface area contributed by atoms with Crippen molar-refractivity contribution in [1.82, 2.24) is 5.32 Å². The number of halogens is 2. The third kappa shape index (κ3) is 4.52. The number of carboxylic acid groups (broad SMARTS) is 1. The van der Waals surface area contributed by atoms with Crippen molar-refractivity contribution >= 4 is 23.5 Å². The summed E-state index contributed by atoms with van der Waals surface area (Å²) in [6.07, 6.45) is -0.181. The first-order chi connectivity index (χ1) is 8.81. The lowest BCUT2D eigenvalue weighted by atomic mass is 10.0. The Morgan fingerprint density at radius 3 is 2.53 bits per heavy atom. The molecule has 0 aliphatic rings. The smallest absolute Gasteiger partial charge is 0.305 e. The van der Waals surface area contributed by atoms with Gasteiger partial charge in [0, 0.05) is 11.6 Å². The SMILES string of the molecule is CC(C)[C@H](CC(=O)O)NC(=O)c1ccc(Cl)c(F)c1. The first-order valence-corrected chi connectivity index (χ1v) is 6.16. The molecule has 0 bridgehead atoms. The number of hydrogen-bond acceptors (Lipinski definition) is 2. The molecular formula is C13H15ClFNO3. The number of rotatable bonds is 5. The van der Waals surface area contributed by atoms with Crippen molar-refractivity contribution < 1.29 is 19.1 Å². The number of aliphatic carboxylic acids is 1. The summed E-state index contributed by atoms with van der Waals surface area (Å²) in [4.78, 5) is 22.6. The molecule has 4 nitrogen and oxygen atoms in total. The van der Waals surface area contributed by atoms with E-state index in [4.69, 9.17) is 16.7 Å². The molecule has 0 aliphatic heterocycles. The van der Waals surface area contributed by atoms with E-state index in [9.17, 15) is 14.0 Å². The van der Waals surface area contributed by atoms with Gasteiger partial charge in [0.05, 0.1) is 11.4 Å². The van der Waals surface area contributed by atoms with E-state index in [0.717, 1.165) is 6.07 Å². The monoisotopic (exact) mass is 287 g/mol. The fourth-order valence-corrected chi connectivity index (χ4v) is 1.65. The van der Waals surface area contributed by atoms with Gasteiger partial charge in [-0.05, 0) is 24.1 Å². The quantitative estimate of drug-likeness (QED) is 0.875. The van der Waals surface area contributed by atoms with Gasteiger partial charge < -0.3 is 10.4 Å². The van der Waals surface area contributed by atoms with Gasteiger partial charge in [-0.2, -0.15) is 0 Å². The number of benzene rings is 1. The molecule has 104 valence electrons. The fourth-order valence-electron chi connectivity index (χ4n) is 1.53. The number of carbonyl (C=O) groups is 2. The average molecular weight is 288 g/mol. The summed E-state index contributed by atoms with van der Waals surface area (Å²) in [7, 11) is 0. The number of hydrogen-bond donors (Lipinski definition) is 2. The Labute approximate surface area is 115 Å². The molecule has 1 atom stereocenters. The molecule has 1 aromatic carbocycles. The lowest BCUT2D eigenvalue weighted by Gasteiger charge is -2.20. The maximum absolute atomic E-state index is 13.2. The van der Waals surface area contributed by atoms with Gasteiger partial charge in [0.15, 0.2) is 0 Å². The Kier molecular flexibility index (Phi) is 5.30. The summed E-state index contributed by atoms with van der Waals surface area (Å²) < 4.78 is 13.2. The van der Waals surface area contributed by atoms with E-state index in [1.165, 1.54) is 12.1 Å². The Balaban J connectivity index is 2.81. The van der Waals surface area contributed by atoms with Crippen LogP contribution in [0.4, 0.5) is 4.39 Å². The molecular weight excluding hydrogens is 273 g/mol. The third-order valence-corrected chi connectivity index (χ3v) is 3.00. The maximum atomic E-state index is 13.2. The fraction of sp³-hybridized carbons (Fsp3) is 0.385. The molecule has 6 heteroatoms. The molecule has 2 N–H and O–H groups in total. The van der Waals surface area contributed by atoms with Gasteiger partial charge in [0.1, 0.15) is 5.82 Å². The standard InChI is InChI=1S/C13H15ClFNO3/c1-7(2)11(6-12(17)18)16-13(19)8-3-4-9(14)10(15)5-8/h3-5,7,11H,6H2,1-2H3,(H,16,19)(H,17,18)/t11-/m0/s1. The second kappa shape index (κ2) is 6.52. The number of amides is 1. The Morgan fingerprint density at radius 2 is 2.05 bits per heavy atom. The molecule has 0 aliphatic carbocycles. The summed E-state index contributed by atoms with van der Waals surface area (Å²) in [6, 6.07) is 3.19. The van der Waals surface area contributed by atoms with Crippen molar-refractivity contribution in [2.24, 2.45) is 5.92 Å².